The molecule has 7 heteroatoms. The lowest BCUT2D eigenvalue weighted by Gasteiger charge is -2.24. The number of aromatic nitrogens is 4. The number of benzene rings is 1. The molecule has 0 unspecified atom stereocenters. The third-order valence-electron chi connectivity index (χ3n) is 6.13. The Kier molecular flexibility index (Phi) is 4.89. The molecule has 0 spiro atoms. The number of aryl methyl sites for hydroxylation is 2. The Hall–Kier alpha value is -2.96. The maximum atomic E-state index is 12.1. The molecule has 0 saturated heterocycles. The predicted octanol–water partition coefficient (Wildman–Crippen LogP) is 3.64. The highest BCUT2D eigenvalue weighted by Crippen LogP contribution is 2.40. The fourth-order valence-electron chi connectivity index (χ4n) is 3.90. The standard InChI is InChI=1S/C23H28N6O/c1-14-6-10-18(11-7-14)29-22-19(15(2)28-29)21(26-20(27-22)16-8-9-16)24-12-13-25-23(30)17-4-3-5-17/h6-7,10-11,16-17H,3-5,8-9,12-13H2,1-2H3,(H,25,30)(H,24,26,27). The van der Waals surface area contributed by atoms with E-state index in [2.05, 4.69) is 41.8 Å². The molecule has 5 rings (SSSR count). The second-order valence-electron chi connectivity index (χ2n) is 8.58. The van der Waals surface area contributed by atoms with Gasteiger partial charge in [0.2, 0.25) is 5.91 Å². The van der Waals surface area contributed by atoms with E-state index in [0.717, 1.165) is 59.7 Å². The molecule has 0 radical (unpaired) electrons. The third-order valence-corrected chi connectivity index (χ3v) is 6.13. The molecular formula is C23H28N6O. The molecule has 0 atom stereocenters. The number of rotatable bonds is 7. The topological polar surface area (TPSA) is 84.7 Å². The number of nitrogens with zero attached hydrogens (tertiary/aromatic N) is 4. The molecule has 30 heavy (non-hydrogen) atoms. The van der Waals surface area contributed by atoms with Crippen molar-refractivity contribution in [1.82, 2.24) is 25.1 Å². The van der Waals surface area contributed by atoms with Crippen LogP contribution in [-0.2, 0) is 4.79 Å². The van der Waals surface area contributed by atoms with E-state index in [0.29, 0.717) is 19.0 Å². The lowest BCUT2D eigenvalue weighted by Crippen LogP contribution is -2.37. The average Bonchev–Trinajstić information content (AvgIpc) is 3.48. The fourth-order valence-corrected chi connectivity index (χ4v) is 3.90. The SMILES string of the molecule is Cc1ccc(-n2nc(C)c3c(NCCNC(=O)C4CCC4)nc(C4CC4)nc32)cc1. The normalized spacial score (nSPS) is 16.5. The van der Waals surface area contributed by atoms with Gasteiger partial charge in [-0.2, -0.15) is 5.10 Å². The summed E-state index contributed by atoms with van der Waals surface area (Å²) in [6.45, 7) is 5.29. The molecule has 0 bridgehead atoms. The van der Waals surface area contributed by atoms with Gasteiger partial charge < -0.3 is 10.6 Å². The Balaban J connectivity index is 1.42. The summed E-state index contributed by atoms with van der Waals surface area (Å²) in [6.07, 6.45) is 5.49. The summed E-state index contributed by atoms with van der Waals surface area (Å²) in [5.74, 6) is 2.53. The van der Waals surface area contributed by atoms with Crippen molar-refractivity contribution >= 4 is 22.8 Å². The summed E-state index contributed by atoms with van der Waals surface area (Å²) in [6, 6.07) is 8.32. The Labute approximate surface area is 176 Å². The smallest absolute Gasteiger partial charge is 0.223 e. The lowest BCUT2D eigenvalue weighted by atomic mass is 9.85. The number of amides is 1. The second-order valence-corrected chi connectivity index (χ2v) is 8.58. The first kappa shape index (κ1) is 19.0. The Bertz CT molecular complexity index is 1080. The van der Waals surface area contributed by atoms with Gasteiger partial charge in [-0.15, -0.1) is 0 Å². The first-order valence-corrected chi connectivity index (χ1v) is 11.0. The van der Waals surface area contributed by atoms with Crippen molar-refractivity contribution in [1.29, 1.82) is 0 Å². The molecule has 0 aliphatic heterocycles. The maximum absolute atomic E-state index is 12.1. The van der Waals surface area contributed by atoms with Crippen molar-refractivity contribution in [2.75, 3.05) is 18.4 Å². The van der Waals surface area contributed by atoms with Gasteiger partial charge >= 0.3 is 0 Å². The summed E-state index contributed by atoms with van der Waals surface area (Å²) in [5, 5.41) is 12.2. The number of carbonyl (C=O) groups is 1. The van der Waals surface area contributed by atoms with Crippen LogP contribution in [0.1, 0.15) is 55.1 Å². The molecule has 3 aromatic rings. The molecule has 2 heterocycles. The molecule has 7 nitrogen and oxygen atoms in total. The van der Waals surface area contributed by atoms with Gasteiger partial charge in [0, 0.05) is 24.9 Å². The van der Waals surface area contributed by atoms with Gasteiger partial charge in [0.25, 0.3) is 0 Å². The van der Waals surface area contributed by atoms with Gasteiger partial charge in [-0.3, -0.25) is 4.79 Å². The van der Waals surface area contributed by atoms with Crippen LogP contribution in [0.2, 0.25) is 0 Å². The van der Waals surface area contributed by atoms with E-state index in [-0.39, 0.29) is 11.8 Å². The molecular weight excluding hydrogens is 376 g/mol. The molecule has 1 aromatic carbocycles. The molecule has 2 saturated carbocycles. The zero-order valence-electron chi connectivity index (χ0n) is 17.6. The van der Waals surface area contributed by atoms with Crippen molar-refractivity contribution in [3.8, 4) is 5.69 Å². The van der Waals surface area contributed by atoms with Gasteiger partial charge in [0.1, 0.15) is 11.6 Å². The summed E-state index contributed by atoms with van der Waals surface area (Å²) in [5.41, 5.74) is 3.95. The minimum absolute atomic E-state index is 0.179. The number of hydrogen-bond donors (Lipinski definition) is 2. The summed E-state index contributed by atoms with van der Waals surface area (Å²) in [4.78, 5) is 21.8. The predicted molar refractivity (Wildman–Crippen MR) is 117 cm³/mol. The van der Waals surface area contributed by atoms with Gasteiger partial charge in [0.05, 0.1) is 16.8 Å². The highest BCUT2D eigenvalue weighted by molar-refractivity contribution is 5.90. The molecule has 2 aliphatic carbocycles. The highest BCUT2D eigenvalue weighted by atomic mass is 16.1. The first-order valence-electron chi connectivity index (χ1n) is 11.0. The van der Waals surface area contributed by atoms with Crippen molar-refractivity contribution in [3.05, 3.63) is 41.3 Å². The fraction of sp³-hybridized carbons (Fsp3) is 0.478. The van der Waals surface area contributed by atoms with Gasteiger partial charge in [0.15, 0.2) is 5.65 Å². The maximum Gasteiger partial charge on any atom is 0.223 e. The molecule has 2 aromatic heterocycles. The minimum Gasteiger partial charge on any atom is -0.368 e. The zero-order chi connectivity index (χ0) is 20.7. The van der Waals surface area contributed by atoms with Crippen molar-refractivity contribution in [2.45, 2.75) is 51.9 Å². The van der Waals surface area contributed by atoms with E-state index in [9.17, 15) is 4.79 Å². The van der Waals surface area contributed by atoms with Crippen LogP contribution in [0, 0.1) is 19.8 Å². The lowest BCUT2D eigenvalue weighted by molar-refractivity contribution is -0.127. The van der Waals surface area contributed by atoms with E-state index in [4.69, 9.17) is 15.1 Å². The summed E-state index contributed by atoms with van der Waals surface area (Å²) < 4.78 is 1.92. The van der Waals surface area contributed by atoms with Crippen LogP contribution in [0.3, 0.4) is 0 Å². The molecule has 2 fully saturated rings. The summed E-state index contributed by atoms with van der Waals surface area (Å²) in [7, 11) is 0. The van der Waals surface area contributed by atoms with Crippen LogP contribution in [0.15, 0.2) is 24.3 Å². The molecule has 1 amide bonds. The van der Waals surface area contributed by atoms with E-state index in [1.807, 2.05) is 11.6 Å². The van der Waals surface area contributed by atoms with Crippen molar-refractivity contribution in [2.24, 2.45) is 5.92 Å². The number of anilines is 1. The van der Waals surface area contributed by atoms with E-state index in [1.165, 1.54) is 12.0 Å². The highest BCUT2D eigenvalue weighted by Gasteiger charge is 2.29. The van der Waals surface area contributed by atoms with E-state index in [1.54, 1.807) is 0 Å². The third kappa shape index (κ3) is 3.64. The monoisotopic (exact) mass is 404 g/mol. The Morgan fingerprint density at radius 2 is 1.83 bits per heavy atom. The van der Waals surface area contributed by atoms with Crippen LogP contribution >= 0.6 is 0 Å². The number of fused-ring (bicyclic) bond motifs is 1. The summed E-state index contributed by atoms with van der Waals surface area (Å²) >= 11 is 0. The van der Waals surface area contributed by atoms with Crippen LogP contribution in [0.25, 0.3) is 16.7 Å². The van der Waals surface area contributed by atoms with Gasteiger partial charge in [-0.25, -0.2) is 14.6 Å². The van der Waals surface area contributed by atoms with E-state index < -0.39 is 0 Å². The van der Waals surface area contributed by atoms with Gasteiger partial charge in [-0.1, -0.05) is 24.1 Å². The largest absolute Gasteiger partial charge is 0.368 e. The van der Waals surface area contributed by atoms with Crippen LogP contribution in [0.4, 0.5) is 5.82 Å². The van der Waals surface area contributed by atoms with Crippen LogP contribution in [0.5, 0.6) is 0 Å². The quantitative estimate of drug-likeness (QED) is 0.587. The van der Waals surface area contributed by atoms with Gasteiger partial charge in [-0.05, 0) is 51.7 Å². The second kappa shape index (κ2) is 7.70. The minimum atomic E-state index is 0.179. The van der Waals surface area contributed by atoms with Crippen molar-refractivity contribution in [3.63, 3.8) is 0 Å². The van der Waals surface area contributed by atoms with Crippen LogP contribution < -0.4 is 10.6 Å². The zero-order valence-corrected chi connectivity index (χ0v) is 17.6. The number of carbonyl (C=O) groups excluding carboxylic acids is 1. The molecule has 2 aliphatic rings. The van der Waals surface area contributed by atoms with Crippen LogP contribution in [-0.4, -0.2) is 38.7 Å². The Morgan fingerprint density at radius 1 is 1.07 bits per heavy atom. The number of hydrogen-bond acceptors (Lipinski definition) is 5. The molecule has 156 valence electrons. The number of nitrogens with one attached hydrogen (secondary N) is 2. The molecule has 2 N–H and O–H groups in total. The van der Waals surface area contributed by atoms with Crippen molar-refractivity contribution < 1.29 is 4.79 Å². The average molecular weight is 405 g/mol. The van der Waals surface area contributed by atoms with E-state index >= 15 is 0 Å². The Morgan fingerprint density at radius 3 is 2.50 bits per heavy atom. The first-order chi connectivity index (χ1) is 14.6.